The van der Waals surface area contributed by atoms with Gasteiger partial charge in [-0.25, -0.2) is 13.1 Å². The Morgan fingerprint density at radius 1 is 1.69 bits per heavy atom. The van der Waals surface area contributed by atoms with E-state index in [2.05, 4.69) is 16.9 Å². The normalized spacial score (nSPS) is 14.0. The molecule has 0 aliphatic rings. The zero-order valence-electron chi connectivity index (χ0n) is 7.61. The van der Waals surface area contributed by atoms with Crippen LogP contribution in [0.1, 0.15) is 6.92 Å². The molecule has 0 bridgehead atoms. The van der Waals surface area contributed by atoms with Crippen LogP contribution < -0.4 is 10.5 Å². The number of hydrogen-bond donors (Lipinski definition) is 2. The van der Waals surface area contributed by atoms with E-state index in [1.165, 1.54) is 7.11 Å². The Morgan fingerprint density at radius 3 is 2.62 bits per heavy atom. The van der Waals surface area contributed by atoms with Crippen molar-refractivity contribution >= 4 is 27.2 Å². The number of nitrogens with one attached hydrogen (secondary N) is 1. The molecule has 0 radical (unpaired) electrons. The van der Waals surface area contributed by atoms with Gasteiger partial charge in [0.15, 0.2) is 0 Å². The summed E-state index contributed by atoms with van der Waals surface area (Å²) >= 11 is 4.49. The molecule has 78 valence electrons. The fourth-order valence-electron chi connectivity index (χ4n) is 0.819. The van der Waals surface area contributed by atoms with Gasteiger partial charge in [0.25, 0.3) is 0 Å². The smallest absolute Gasteiger partial charge is 0.218 e. The standard InChI is InChI=1S/C6H14N2O3S2/c1-5(3-11-2)8-13(9,10)4-6(7)12/h5,8H,3-4H2,1-2H3,(H2,7,12). The van der Waals surface area contributed by atoms with Gasteiger partial charge in [0.05, 0.1) is 11.6 Å². The summed E-state index contributed by atoms with van der Waals surface area (Å²) in [5, 5.41) is 0. The average Bonchev–Trinajstić information content (AvgIpc) is 1.81. The quantitative estimate of drug-likeness (QED) is 0.581. The van der Waals surface area contributed by atoms with Crippen LogP contribution in [0.15, 0.2) is 0 Å². The van der Waals surface area contributed by atoms with Crippen LogP contribution in [0.2, 0.25) is 0 Å². The second-order valence-electron chi connectivity index (χ2n) is 2.70. The molecule has 0 saturated carbocycles. The summed E-state index contributed by atoms with van der Waals surface area (Å²) in [6.45, 7) is 2.01. The van der Waals surface area contributed by atoms with E-state index < -0.39 is 10.0 Å². The average molecular weight is 226 g/mol. The number of methoxy groups -OCH3 is 1. The van der Waals surface area contributed by atoms with Gasteiger partial charge in [-0.05, 0) is 6.92 Å². The molecule has 0 heterocycles. The Labute approximate surface area is 83.7 Å². The largest absolute Gasteiger partial charge is 0.392 e. The molecule has 7 heteroatoms. The monoisotopic (exact) mass is 226 g/mol. The van der Waals surface area contributed by atoms with Gasteiger partial charge in [0.1, 0.15) is 5.75 Å². The third-order valence-electron chi connectivity index (χ3n) is 1.13. The second kappa shape index (κ2) is 5.48. The van der Waals surface area contributed by atoms with Crippen LogP contribution in [0.5, 0.6) is 0 Å². The lowest BCUT2D eigenvalue weighted by Gasteiger charge is -2.12. The fraction of sp³-hybridized carbons (Fsp3) is 0.833. The minimum atomic E-state index is -3.40. The number of sulfonamides is 1. The molecule has 0 fully saturated rings. The van der Waals surface area contributed by atoms with Crippen LogP contribution >= 0.6 is 12.2 Å². The first kappa shape index (κ1) is 12.8. The Bertz CT molecular complexity index is 263. The zero-order valence-corrected chi connectivity index (χ0v) is 9.24. The van der Waals surface area contributed by atoms with Crippen LogP contribution in [-0.4, -0.2) is 38.9 Å². The molecule has 0 amide bonds. The Balaban J connectivity index is 4.10. The lowest BCUT2D eigenvalue weighted by atomic mass is 10.4. The highest BCUT2D eigenvalue weighted by molar-refractivity contribution is 7.92. The van der Waals surface area contributed by atoms with E-state index in [1.807, 2.05) is 0 Å². The van der Waals surface area contributed by atoms with Crippen LogP contribution in [0, 0.1) is 0 Å². The van der Waals surface area contributed by atoms with Crippen molar-refractivity contribution in [2.75, 3.05) is 19.5 Å². The number of ether oxygens (including phenoxy) is 1. The van der Waals surface area contributed by atoms with Gasteiger partial charge < -0.3 is 10.5 Å². The van der Waals surface area contributed by atoms with Gasteiger partial charge in [0, 0.05) is 13.2 Å². The predicted molar refractivity (Wildman–Crippen MR) is 55.0 cm³/mol. The molecule has 1 atom stereocenters. The molecule has 3 N–H and O–H groups in total. The first-order chi connectivity index (χ1) is 5.87. The SMILES string of the molecule is COCC(C)NS(=O)(=O)CC(N)=S. The summed E-state index contributed by atoms with van der Waals surface area (Å²) < 4.78 is 29.5. The van der Waals surface area contributed by atoms with Crippen molar-refractivity contribution in [3.63, 3.8) is 0 Å². The topological polar surface area (TPSA) is 81.4 Å². The van der Waals surface area contributed by atoms with Crippen LogP contribution in [0.4, 0.5) is 0 Å². The van der Waals surface area contributed by atoms with E-state index in [-0.39, 0.29) is 16.8 Å². The summed E-state index contributed by atoms with van der Waals surface area (Å²) in [5.74, 6) is -0.323. The molecule has 0 aromatic rings. The third-order valence-corrected chi connectivity index (χ3v) is 2.91. The van der Waals surface area contributed by atoms with Crippen molar-refractivity contribution in [3.8, 4) is 0 Å². The van der Waals surface area contributed by atoms with Crippen LogP contribution in [0.3, 0.4) is 0 Å². The van der Waals surface area contributed by atoms with Gasteiger partial charge in [-0.2, -0.15) is 0 Å². The second-order valence-corrected chi connectivity index (χ2v) is 4.98. The summed E-state index contributed by atoms with van der Waals surface area (Å²) in [6.07, 6.45) is 0. The van der Waals surface area contributed by atoms with Gasteiger partial charge in [-0.15, -0.1) is 0 Å². The molecule has 1 unspecified atom stereocenters. The fourth-order valence-corrected chi connectivity index (χ4v) is 2.42. The number of hydrogen-bond acceptors (Lipinski definition) is 4. The van der Waals surface area contributed by atoms with Gasteiger partial charge >= 0.3 is 0 Å². The van der Waals surface area contributed by atoms with E-state index in [9.17, 15) is 8.42 Å². The number of thiocarbonyl (C=S) groups is 1. The van der Waals surface area contributed by atoms with E-state index >= 15 is 0 Å². The first-order valence-electron chi connectivity index (χ1n) is 3.64. The van der Waals surface area contributed by atoms with Crippen molar-refractivity contribution in [2.45, 2.75) is 13.0 Å². The van der Waals surface area contributed by atoms with E-state index in [1.54, 1.807) is 6.92 Å². The molecule has 0 aromatic heterocycles. The molecule has 0 spiro atoms. The molecular formula is C6H14N2O3S2. The zero-order chi connectivity index (χ0) is 10.5. The van der Waals surface area contributed by atoms with Crippen LogP contribution in [0.25, 0.3) is 0 Å². The minimum absolute atomic E-state index is 0.0443. The van der Waals surface area contributed by atoms with Crippen molar-refractivity contribution < 1.29 is 13.2 Å². The Kier molecular flexibility index (Phi) is 5.38. The Hall–Kier alpha value is -0.240. The first-order valence-corrected chi connectivity index (χ1v) is 5.70. The van der Waals surface area contributed by atoms with E-state index in [0.29, 0.717) is 6.61 Å². The third kappa shape index (κ3) is 6.88. The number of rotatable bonds is 6. The lowest BCUT2D eigenvalue weighted by Crippen LogP contribution is -2.39. The summed E-state index contributed by atoms with van der Waals surface area (Å²) in [5.41, 5.74) is 5.11. The maximum atomic E-state index is 11.2. The Morgan fingerprint density at radius 2 is 2.23 bits per heavy atom. The summed E-state index contributed by atoms with van der Waals surface area (Å²) in [7, 11) is -1.90. The predicted octanol–water partition coefficient (Wildman–Crippen LogP) is -0.773. The number of nitrogens with two attached hydrogens (primary N) is 1. The van der Waals surface area contributed by atoms with Gasteiger partial charge in [-0.1, -0.05) is 12.2 Å². The molecule has 0 aliphatic carbocycles. The summed E-state index contributed by atoms with van der Waals surface area (Å²) in [4.78, 5) is -0.0443. The molecule has 0 saturated heterocycles. The van der Waals surface area contributed by atoms with Gasteiger partial charge in [-0.3, -0.25) is 0 Å². The van der Waals surface area contributed by atoms with Crippen molar-refractivity contribution in [1.29, 1.82) is 0 Å². The van der Waals surface area contributed by atoms with Crippen molar-refractivity contribution in [2.24, 2.45) is 5.73 Å². The molecule has 0 rings (SSSR count). The molecular weight excluding hydrogens is 212 g/mol. The molecule has 0 aliphatic heterocycles. The van der Waals surface area contributed by atoms with Crippen molar-refractivity contribution in [3.05, 3.63) is 0 Å². The highest BCUT2D eigenvalue weighted by Gasteiger charge is 2.14. The molecule has 5 nitrogen and oxygen atoms in total. The summed E-state index contributed by atoms with van der Waals surface area (Å²) in [6, 6.07) is -0.274. The van der Waals surface area contributed by atoms with Gasteiger partial charge in [0.2, 0.25) is 10.0 Å². The minimum Gasteiger partial charge on any atom is -0.392 e. The maximum absolute atomic E-state index is 11.2. The van der Waals surface area contributed by atoms with Crippen LogP contribution in [-0.2, 0) is 14.8 Å². The highest BCUT2D eigenvalue weighted by atomic mass is 32.2. The van der Waals surface area contributed by atoms with E-state index in [4.69, 9.17) is 10.5 Å². The van der Waals surface area contributed by atoms with E-state index in [0.717, 1.165) is 0 Å². The molecule has 13 heavy (non-hydrogen) atoms. The maximum Gasteiger partial charge on any atom is 0.218 e. The van der Waals surface area contributed by atoms with Crippen molar-refractivity contribution in [1.82, 2.24) is 4.72 Å². The highest BCUT2D eigenvalue weighted by Crippen LogP contribution is 1.90. The lowest BCUT2D eigenvalue weighted by molar-refractivity contribution is 0.180. The molecule has 0 aromatic carbocycles.